The lowest BCUT2D eigenvalue weighted by atomic mass is 10.1. The molecule has 3 nitrogen and oxygen atoms in total. The van der Waals surface area contributed by atoms with Gasteiger partial charge in [-0.2, -0.15) is 0 Å². The van der Waals surface area contributed by atoms with Gasteiger partial charge in [0.1, 0.15) is 0 Å². The van der Waals surface area contributed by atoms with E-state index in [2.05, 4.69) is 0 Å². The Labute approximate surface area is 92.0 Å². The van der Waals surface area contributed by atoms with Crippen molar-refractivity contribution in [3.8, 4) is 0 Å². The minimum absolute atomic E-state index is 0.433. The molecule has 0 saturated heterocycles. The molecule has 0 amide bonds. The average molecular weight is 225 g/mol. The van der Waals surface area contributed by atoms with E-state index in [0.29, 0.717) is 12.0 Å². The maximum atomic E-state index is 10.7. The van der Waals surface area contributed by atoms with Crippen LogP contribution < -0.4 is 0 Å². The van der Waals surface area contributed by atoms with Crippen LogP contribution in [-0.2, 0) is 11.2 Å². The highest BCUT2D eigenvalue weighted by atomic mass is 35.5. The highest BCUT2D eigenvalue weighted by molar-refractivity contribution is 6.67. The first kappa shape index (κ1) is 11.5. The van der Waals surface area contributed by atoms with Crippen LogP contribution >= 0.6 is 11.6 Å². The number of carbonyl (C=O) groups is 2. The average Bonchev–Trinajstić information content (AvgIpc) is 2.18. The largest absolute Gasteiger partial charge is 0.478 e. The normalized spacial score (nSPS) is 10.5. The SMILES string of the molecule is O=C(O)C=CCc1ccc(C(=O)Cl)cc1. The maximum absolute atomic E-state index is 10.7. The van der Waals surface area contributed by atoms with E-state index < -0.39 is 11.2 Å². The molecule has 0 aliphatic rings. The Morgan fingerprint density at radius 1 is 1.27 bits per heavy atom. The van der Waals surface area contributed by atoms with E-state index in [1.54, 1.807) is 30.3 Å². The summed E-state index contributed by atoms with van der Waals surface area (Å²) in [7, 11) is 0. The van der Waals surface area contributed by atoms with E-state index in [0.717, 1.165) is 11.6 Å². The third-order valence-electron chi connectivity index (χ3n) is 1.79. The van der Waals surface area contributed by atoms with Crippen molar-refractivity contribution >= 4 is 22.8 Å². The molecule has 0 aromatic heterocycles. The highest BCUT2D eigenvalue weighted by Gasteiger charge is 1.99. The molecule has 0 unspecified atom stereocenters. The van der Waals surface area contributed by atoms with Gasteiger partial charge >= 0.3 is 5.97 Å². The second-order valence-electron chi connectivity index (χ2n) is 2.92. The van der Waals surface area contributed by atoms with Crippen LogP contribution in [0, 0.1) is 0 Å². The Morgan fingerprint density at radius 3 is 2.33 bits per heavy atom. The molecule has 0 aliphatic heterocycles. The zero-order valence-corrected chi connectivity index (χ0v) is 8.57. The van der Waals surface area contributed by atoms with Crippen LogP contribution in [0.15, 0.2) is 36.4 Å². The van der Waals surface area contributed by atoms with Gasteiger partial charge in [0.2, 0.25) is 0 Å². The summed E-state index contributed by atoms with van der Waals surface area (Å²) < 4.78 is 0. The highest BCUT2D eigenvalue weighted by Crippen LogP contribution is 2.07. The monoisotopic (exact) mass is 224 g/mol. The number of carboxylic acids is 1. The van der Waals surface area contributed by atoms with Crippen molar-refractivity contribution in [1.82, 2.24) is 0 Å². The van der Waals surface area contributed by atoms with Crippen molar-refractivity contribution in [3.63, 3.8) is 0 Å². The lowest BCUT2D eigenvalue weighted by Crippen LogP contribution is -1.90. The first-order valence-corrected chi connectivity index (χ1v) is 4.65. The Kier molecular flexibility index (Phi) is 4.06. The molecular formula is C11H9ClO3. The van der Waals surface area contributed by atoms with Gasteiger partial charge in [-0.05, 0) is 35.7 Å². The van der Waals surface area contributed by atoms with Crippen LogP contribution in [0.4, 0.5) is 0 Å². The van der Waals surface area contributed by atoms with Gasteiger partial charge in [0.05, 0.1) is 0 Å². The van der Waals surface area contributed by atoms with Gasteiger partial charge < -0.3 is 5.11 Å². The molecule has 15 heavy (non-hydrogen) atoms. The number of allylic oxidation sites excluding steroid dienone is 1. The van der Waals surface area contributed by atoms with Crippen molar-refractivity contribution < 1.29 is 14.7 Å². The standard InChI is InChI=1S/C11H9ClO3/c12-11(15)9-6-4-8(5-7-9)2-1-3-10(13)14/h1,3-7H,2H2,(H,13,14). The minimum atomic E-state index is -0.970. The van der Waals surface area contributed by atoms with E-state index in [-0.39, 0.29) is 0 Å². The summed E-state index contributed by atoms with van der Waals surface area (Å²) in [5.74, 6) is -0.970. The van der Waals surface area contributed by atoms with Crippen molar-refractivity contribution in [2.75, 3.05) is 0 Å². The Balaban J connectivity index is 2.65. The molecule has 0 fully saturated rings. The van der Waals surface area contributed by atoms with E-state index in [4.69, 9.17) is 16.7 Å². The predicted molar refractivity (Wildman–Crippen MR) is 57.1 cm³/mol. The molecule has 0 bridgehead atoms. The Bertz CT molecular complexity index is 393. The maximum Gasteiger partial charge on any atom is 0.327 e. The quantitative estimate of drug-likeness (QED) is 0.630. The number of carbonyl (C=O) groups excluding carboxylic acids is 1. The van der Waals surface area contributed by atoms with Crippen molar-refractivity contribution in [2.45, 2.75) is 6.42 Å². The minimum Gasteiger partial charge on any atom is -0.478 e. The Hall–Kier alpha value is -1.61. The smallest absolute Gasteiger partial charge is 0.327 e. The number of halogens is 1. The molecule has 0 heterocycles. The van der Waals surface area contributed by atoms with Gasteiger partial charge in [0, 0.05) is 11.6 Å². The van der Waals surface area contributed by atoms with Gasteiger partial charge in [-0.15, -0.1) is 0 Å². The van der Waals surface area contributed by atoms with Gasteiger partial charge in [-0.3, -0.25) is 4.79 Å². The lowest BCUT2D eigenvalue weighted by molar-refractivity contribution is -0.131. The van der Waals surface area contributed by atoms with Gasteiger partial charge in [0.15, 0.2) is 0 Å². The van der Waals surface area contributed by atoms with E-state index in [1.807, 2.05) is 0 Å². The van der Waals surface area contributed by atoms with Crippen LogP contribution in [0.2, 0.25) is 0 Å². The van der Waals surface area contributed by atoms with E-state index in [1.165, 1.54) is 0 Å². The van der Waals surface area contributed by atoms with Gasteiger partial charge in [0.25, 0.3) is 5.24 Å². The number of carboxylic acid groups (broad SMARTS) is 1. The summed E-state index contributed by atoms with van der Waals surface area (Å²) in [4.78, 5) is 20.9. The molecule has 78 valence electrons. The molecule has 1 aromatic carbocycles. The topological polar surface area (TPSA) is 54.4 Å². The third-order valence-corrected chi connectivity index (χ3v) is 2.01. The number of hydrogen-bond acceptors (Lipinski definition) is 2. The summed E-state index contributed by atoms with van der Waals surface area (Å²) in [5.41, 5.74) is 1.36. The molecule has 0 saturated carbocycles. The zero-order chi connectivity index (χ0) is 11.3. The summed E-state index contributed by atoms with van der Waals surface area (Å²) in [6.45, 7) is 0. The molecule has 1 rings (SSSR count). The van der Waals surface area contributed by atoms with E-state index in [9.17, 15) is 9.59 Å². The first-order valence-electron chi connectivity index (χ1n) is 4.28. The summed E-state index contributed by atoms with van der Waals surface area (Å²) in [6, 6.07) is 6.70. The molecule has 0 atom stereocenters. The molecule has 1 N–H and O–H groups in total. The fourth-order valence-electron chi connectivity index (χ4n) is 1.07. The fraction of sp³-hybridized carbons (Fsp3) is 0.0909. The number of benzene rings is 1. The number of aliphatic carboxylic acids is 1. The lowest BCUT2D eigenvalue weighted by Gasteiger charge is -1.97. The molecule has 0 radical (unpaired) electrons. The summed E-state index contributed by atoms with van der Waals surface area (Å²) >= 11 is 5.27. The molecule has 1 aromatic rings. The van der Waals surface area contributed by atoms with Gasteiger partial charge in [-0.25, -0.2) is 4.79 Å². The molecule has 0 spiro atoms. The predicted octanol–water partition coefficient (Wildman–Crippen LogP) is 2.25. The Morgan fingerprint density at radius 2 is 1.87 bits per heavy atom. The summed E-state index contributed by atoms with van der Waals surface area (Å²) in [6.07, 6.45) is 3.14. The molecule has 4 heteroatoms. The van der Waals surface area contributed by atoms with Gasteiger partial charge in [-0.1, -0.05) is 18.2 Å². The fourth-order valence-corrected chi connectivity index (χ4v) is 1.19. The molecular weight excluding hydrogens is 216 g/mol. The number of rotatable bonds is 4. The van der Waals surface area contributed by atoms with Crippen LogP contribution in [-0.4, -0.2) is 16.3 Å². The van der Waals surface area contributed by atoms with Crippen molar-refractivity contribution in [3.05, 3.63) is 47.5 Å². The van der Waals surface area contributed by atoms with E-state index >= 15 is 0 Å². The van der Waals surface area contributed by atoms with Crippen molar-refractivity contribution in [1.29, 1.82) is 0 Å². The second kappa shape index (κ2) is 5.32. The summed E-state index contributed by atoms with van der Waals surface area (Å²) in [5, 5.41) is 7.86. The zero-order valence-electron chi connectivity index (χ0n) is 7.81. The molecule has 0 aliphatic carbocycles. The third kappa shape index (κ3) is 3.95. The number of hydrogen-bond donors (Lipinski definition) is 1. The van der Waals surface area contributed by atoms with Crippen LogP contribution in [0.25, 0.3) is 0 Å². The van der Waals surface area contributed by atoms with Crippen LogP contribution in [0.3, 0.4) is 0 Å². The second-order valence-corrected chi connectivity index (χ2v) is 3.26. The van der Waals surface area contributed by atoms with Crippen molar-refractivity contribution in [2.24, 2.45) is 0 Å². The van der Waals surface area contributed by atoms with Crippen LogP contribution in [0.5, 0.6) is 0 Å². The first-order chi connectivity index (χ1) is 7.09. The van der Waals surface area contributed by atoms with Crippen LogP contribution in [0.1, 0.15) is 15.9 Å².